The van der Waals surface area contributed by atoms with Gasteiger partial charge in [0.05, 0.1) is 11.2 Å². The maximum Gasteiger partial charge on any atom is 0.494 e. The molecule has 0 N–H and O–H groups in total. The molecule has 1 unspecified atom stereocenters. The lowest BCUT2D eigenvalue weighted by molar-refractivity contribution is 0.00578. The fraction of sp³-hybridized carbons (Fsp3) is 0.421. The number of alkyl halides is 1. The molecule has 0 spiro atoms. The number of allylic oxidation sites excluding steroid dienone is 4. The first-order chi connectivity index (χ1) is 11.2. The van der Waals surface area contributed by atoms with Gasteiger partial charge in [0, 0.05) is 12.0 Å². The third-order valence-corrected chi connectivity index (χ3v) is 5.13. The minimum atomic E-state index is -2.00. The summed E-state index contributed by atoms with van der Waals surface area (Å²) in [5.74, 6) is 0. The first-order valence-electron chi connectivity index (χ1n) is 8.12. The Labute approximate surface area is 142 Å². The van der Waals surface area contributed by atoms with Crippen molar-refractivity contribution in [3.05, 3.63) is 48.1 Å². The van der Waals surface area contributed by atoms with Gasteiger partial charge in [0.2, 0.25) is 5.67 Å². The van der Waals surface area contributed by atoms with Gasteiger partial charge < -0.3 is 9.31 Å². The highest BCUT2D eigenvalue weighted by Crippen LogP contribution is 2.38. The number of nitrogens with zero attached hydrogens (tertiary/aromatic N) is 1. The lowest BCUT2D eigenvalue weighted by Crippen LogP contribution is -2.41. The normalized spacial score (nSPS) is 27.7. The first-order valence-corrected chi connectivity index (χ1v) is 8.12. The third-order valence-electron chi connectivity index (χ3n) is 5.13. The van der Waals surface area contributed by atoms with E-state index in [-0.39, 0.29) is 6.42 Å². The van der Waals surface area contributed by atoms with E-state index in [9.17, 15) is 9.65 Å². The molecule has 3 nitrogen and oxygen atoms in total. The average molecular weight is 325 g/mol. The van der Waals surface area contributed by atoms with E-state index >= 15 is 0 Å². The molecule has 0 bridgehead atoms. The van der Waals surface area contributed by atoms with Crippen molar-refractivity contribution in [3.8, 4) is 6.07 Å². The Balaban J connectivity index is 1.96. The summed E-state index contributed by atoms with van der Waals surface area (Å²) in [6.45, 7) is 7.97. The zero-order valence-corrected chi connectivity index (χ0v) is 14.5. The van der Waals surface area contributed by atoms with Crippen LogP contribution >= 0.6 is 0 Å². The zero-order chi connectivity index (χ0) is 17.6. The predicted octanol–water partition coefficient (Wildman–Crippen LogP) is 3.56. The molecule has 0 radical (unpaired) electrons. The van der Waals surface area contributed by atoms with Crippen LogP contribution in [-0.4, -0.2) is 24.0 Å². The van der Waals surface area contributed by atoms with E-state index in [0.717, 1.165) is 5.46 Å². The molecule has 0 aromatic heterocycles. The molecule has 1 heterocycles. The molecular weight excluding hydrogens is 304 g/mol. The highest BCUT2D eigenvalue weighted by molar-refractivity contribution is 6.62. The summed E-state index contributed by atoms with van der Waals surface area (Å²) in [5, 5.41) is 9.25. The molecule has 1 fully saturated rings. The molecular formula is C19H21BFNO2. The maximum absolute atomic E-state index is 14.9. The van der Waals surface area contributed by atoms with E-state index in [2.05, 4.69) is 0 Å². The first kappa shape index (κ1) is 16.9. The van der Waals surface area contributed by atoms with Gasteiger partial charge in [-0.05, 0) is 38.7 Å². The van der Waals surface area contributed by atoms with Crippen molar-refractivity contribution in [2.45, 2.75) is 51.0 Å². The molecule has 0 amide bonds. The van der Waals surface area contributed by atoms with E-state index < -0.39 is 24.0 Å². The summed E-state index contributed by atoms with van der Waals surface area (Å²) >= 11 is 0. The fourth-order valence-electron chi connectivity index (χ4n) is 2.90. The number of rotatable bonds is 2. The molecule has 5 heteroatoms. The van der Waals surface area contributed by atoms with E-state index in [0.29, 0.717) is 11.1 Å². The van der Waals surface area contributed by atoms with Crippen LogP contribution in [0.3, 0.4) is 0 Å². The molecule has 1 aliphatic carbocycles. The van der Waals surface area contributed by atoms with Gasteiger partial charge in [-0.1, -0.05) is 42.5 Å². The van der Waals surface area contributed by atoms with Crippen molar-refractivity contribution in [1.29, 1.82) is 5.26 Å². The van der Waals surface area contributed by atoms with Crippen LogP contribution in [0.5, 0.6) is 0 Å². The summed E-state index contributed by atoms with van der Waals surface area (Å²) in [6.07, 6.45) is 5.18. The Kier molecular flexibility index (Phi) is 3.94. The molecule has 124 valence electrons. The number of halogens is 1. The van der Waals surface area contributed by atoms with Crippen molar-refractivity contribution in [2.75, 3.05) is 0 Å². The molecule has 3 rings (SSSR count). The van der Waals surface area contributed by atoms with Gasteiger partial charge in [0.1, 0.15) is 6.07 Å². The van der Waals surface area contributed by atoms with E-state index in [1.54, 1.807) is 24.3 Å². The Bertz CT molecular complexity index is 747. The van der Waals surface area contributed by atoms with E-state index in [1.807, 2.05) is 52.0 Å². The van der Waals surface area contributed by atoms with E-state index in [4.69, 9.17) is 9.31 Å². The van der Waals surface area contributed by atoms with Gasteiger partial charge in [-0.15, -0.1) is 0 Å². The second-order valence-corrected chi connectivity index (χ2v) is 7.34. The molecule has 0 saturated carbocycles. The molecule has 1 aliphatic heterocycles. The van der Waals surface area contributed by atoms with Crippen LogP contribution < -0.4 is 5.46 Å². The van der Waals surface area contributed by atoms with Crippen molar-refractivity contribution in [3.63, 3.8) is 0 Å². The van der Waals surface area contributed by atoms with Crippen LogP contribution in [-0.2, 0) is 9.31 Å². The Morgan fingerprint density at radius 2 is 1.83 bits per heavy atom. The lowest BCUT2D eigenvalue weighted by Gasteiger charge is -2.32. The van der Waals surface area contributed by atoms with Crippen molar-refractivity contribution in [2.24, 2.45) is 0 Å². The Morgan fingerprint density at radius 3 is 2.46 bits per heavy atom. The molecule has 1 saturated heterocycles. The van der Waals surface area contributed by atoms with Gasteiger partial charge in [-0.25, -0.2) is 4.39 Å². The Morgan fingerprint density at radius 1 is 1.17 bits per heavy atom. The zero-order valence-electron chi connectivity index (χ0n) is 14.5. The fourth-order valence-corrected chi connectivity index (χ4v) is 2.90. The van der Waals surface area contributed by atoms with Gasteiger partial charge in [0.15, 0.2) is 0 Å². The average Bonchev–Trinajstić information content (AvgIpc) is 2.76. The Hall–Kier alpha value is -1.90. The quantitative estimate of drug-likeness (QED) is 0.781. The van der Waals surface area contributed by atoms with Gasteiger partial charge in [-0.2, -0.15) is 5.26 Å². The number of hydrogen-bond acceptors (Lipinski definition) is 3. The molecule has 24 heavy (non-hydrogen) atoms. The summed E-state index contributed by atoms with van der Waals surface area (Å²) in [7, 11) is -0.509. The van der Waals surface area contributed by atoms with Crippen LogP contribution in [0.2, 0.25) is 0 Å². The van der Waals surface area contributed by atoms with Crippen LogP contribution in [0.4, 0.5) is 4.39 Å². The van der Waals surface area contributed by atoms with Crippen LogP contribution in [0.25, 0.3) is 5.57 Å². The second kappa shape index (κ2) is 5.58. The number of nitriles is 1. The van der Waals surface area contributed by atoms with Gasteiger partial charge >= 0.3 is 7.12 Å². The summed E-state index contributed by atoms with van der Waals surface area (Å²) in [5.41, 5.74) is -0.986. The SMILES string of the molecule is CC1(C)OB(c2cccc(C3=CC=CCC3(F)C#N)c2)OC1(C)C. The highest BCUT2D eigenvalue weighted by atomic mass is 19.1. The molecule has 1 aromatic carbocycles. The summed E-state index contributed by atoms with van der Waals surface area (Å²) < 4.78 is 27.0. The molecule has 1 atom stereocenters. The maximum atomic E-state index is 14.9. The predicted molar refractivity (Wildman–Crippen MR) is 93.3 cm³/mol. The molecule has 1 aromatic rings. The minimum absolute atomic E-state index is 0.0655. The molecule has 2 aliphatic rings. The van der Waals surface area contributed by atoms with Gasteiger partial charge in [0.25, 0.3) is 0 Å². The number of hydrogen-bond donors (Lipinski definition) is 0. The summed E-state index contributed by atoms with van der Waals surface area (Å²) in [4.78, 5) is 0. The highest BCUT2D eigenvalue weighted by Gasteiger charge is 2.51. The number of benzene rings is 1. The second-order valence-electron chi connectivity index (χ2n) is 7.34. The van der Waals surface area contributed by atoms with Gasteiger partial charge in [-0.3, -0.25) is 0 Å². The lowest BCUT2D eigenvalue weighted by atomic mass is 9.76. The largest absolute Gasteiger partial charge is 0.494 e. The summed E-state index contributed by atoms with van der Waals surface area (Å²) in [6, 6.07) is 9.19. The topological polar surface area (TPSA) is 42.2 Å². The van der Waals surface area contributed by atoms with E-state index in [1.165, 1.54) is 0 Å². The van der Waals surface area contributed by atoms with Crippen molar-refractivity contribution >= 4 is 18.2 Å². The van der Waals surface area contributed by atoms with Crippen molar-refractivity contribution < 1.29 is 13.7 Å². The van der Waals surface area contributed by atoms with Crippen LogP contribution in [0, 0.1) is 11.3 Å². The minimum Gasteiger partial charge on any atom is -0.399 e. The van der Waals surface area contributed by atoms with Crippen LogP contribution in [0.1, 0.15) is 39.7 Å². The van der Waals surface area contributed by atoms with Crippen molar-refractivity contribution in [1.82, 2.24) is 0 Å². The third kappa shape index (κ3) is 2.70. The smallest absolute Gasteiger partial charge is 0.399 e. The van der Waals surface area contributed by atoms with Crippen LogP contribution in [0.15, 0.2) is 42.5 Å². The standard InChI is InChI=1S/C19H21BFNO2/c1-17(2)18(3,4)24-20(23-17)15-9-7-8-14(12-15)16-10-5-6-11-19(16,21)13-22/h5-10,12H,11H2,1-4H3. The monoisotopic (exact) mass is 325 g/mol.